The van der Waals surface area contributed by atoms with Crippen LogP contribution in [0.25, 0.3) is 11.0 Å². The Kier molecular flexibility index (Phi) is 1.42. The zero-order valence-corrected chi connectivity index (χ0v) is 6.93. The van der Waals surface area contributed by atoms with Crippen LogP contribution in [0.2, 0.25) is 0 Å². The predicted octanol–water partition coefficient (Wildman–Crippen LogP) is 2.73. The Morgan fingerprint density at radius 1 is 1.45 bits per heavy atom. The fraction of sp³-hybridized carbons (Fsp3) is 0. The van der Waals surface area contributed by atoms with Crippen molar-refractivity contribution in [3.8, 4) is 0 Å². The molecular formula is C7H3BrFNO. The van der Waals surface area contributed by atoms with E-state index < -0.39 is 5.82 Å². The van der Waals surface area contributed by atoms with E-state index in [1.54, 1.807) is 12.1 Å². The van der Waals surface area contributed by atoms with Gasteiger partial charge in [0.05, 0.1) is 10.7 Å². The fourth-order valence-electron chi connectivity index (χ4n) is 0.877. The van der Waals surface area contributed by atoms with E-state index in [0.29, 0.717) is 9.86 Å². The maximum absolute atomic E-state index is 13.1. The Balaban J connectivity index is 2.93. The molecule has 1 aromatic carbocycles. The molecule has 0 aliphatic rings. The lowest BCUT2D eigenvalue weighted by Gasteiger charge is -1.91. The Bertz CT molecular complexity index is 398. The van der Waals surface area contributed by atoms with E-state index in [9.17, 15) is 4.39 Å². The van der Waals surface area contributed by atoms with Crippen LogP contribution in [0, 0.1) is 5.82 Å². The van der Waals surface area contributed by atoms with Gasteiger partial charge < -0.3 is 4.52 Å². The zero-order chi connectivity index (χ0) is 7.84. The summed E-state index contributed by atoms with van der Waals surface area (Å²) in [4.78, 5) is 0. The second kappa shape index (κ2) is 2.30. The third kappa shape index (κ3) is 0.939. The molecule has 0 aliphatic heterocycles. The lowest BCUT2D eigenvalue weighted by atomic mass is 10.3. The zero-order valence-electron chi connectivity index (χ0n) is 5.34. The Morgan fingerprint density at radius 2 is 2.27 bits per heavy atom. The lowest BCUT2D eigenvalue weighted by Crippen LogP contribution is -1.75. The van der Waals surface area contributed by atoms with E-state index >= 15 is 0 Å². The van der Waals surface area contributed by atoms with Crippen LogP contribution in [-0.4, -0.2) is 5.16 Å². The van der Waals surface area contributed by atoms with Crippen molar-refractivity contribution in [3.63, 3.8) is 0 Å². The van der Waals surface area contributed by atoms with Crippen molar-refractivity contribution >= 4 is 26.9 Å². The molecule has 0 N–H and O–H groups in total. The Morgan fingerprint density at radius 3 is 3.09 bits per heavy atom. The van der Waals surface area contributed by atoms with Gasteiger partial charge in [-0.2, -0.15) is 0 Å². The molecule has 2 aromatic rings. The van der Waals surface area contributed by atoms with Crippen molar-refractivity contribution in [2.24, 2.45) is 0 Å². The average Bonchev–Trinajstić information content (AvgIpc) is 2.45. The van der Waals surface area contributed by atoms with Crippen molar-refractivity contribution in [1.82, 2.24) is 5.16 Å². The summed E-state index contributed by atoms with van der Waals surface area (Å²) in [7, 11) is 0. The first-order chi connectivity index (χ1) is 5.29. The van der Waals surface area contributed by atoms with Gasteiger partial charge in [0.2, 0.25) is 5.58 Å². The average molecular weight is 216 g/mol. The first-order valence-electron chi connectivity index (χ1n) is 2.97. The van der Waals surface area contributed by atoms with Crippen molar-refractivity contribution in [2.75, 3.05) is 0 Å². The quantitative estimate of drug-likeness (QED) is 0.676. The SMILES string of the molecule is Fc1c(Br)ccc2cnoc12. The minimum Gasteiger partial charge on any atom is -0.353 e. The number of benzene rings is 1. The van der Waals surface area contributed by atoms with Crippen LogP contribution in [0.5, 0.6) is 0 Å². The molecule has 2 nitrogen and oxygen atoms in total. The summed E-state index contributed by atoms with van der Waals surface area (Å²) in [6.07, 6.45) is 1.48. The minimum atomic E-state index is -0.403. The normalized spacial score (nSPS) is 10.7. The standard InChI is InChI=1S/C7H3BrFNO/c8-5-2-1-4-3-10-11-7(4)6(5)9/h1-3H. The molecule has 0 spiro atoms. The maximum atomic E-state index is 13.1. The Labute approximate surface area is 70.1 Å². The van der Waals surface area contributed by atoms with Crippen LogP contribution in [0.1, 0.15) is 0 Å². The van der Waals surface area contributed by atoms with Gasteiger partial charge in [0.15, 0.2) is 5.82 Å². The highest BCUT2D eigenvalue weighted by Crippen LogP contribution is 2.23. The number of rotatable bonds is 0. The van der Waals surface area contributed by atoms with Gasteiger partial charge in [0, 0.05) is 5.39 Å². The number of hydrogen-bond acceptors (Lipinski definition) is 2. The highest BCUT2D eigenvalue weighted by molar-refractivity contribution is 9.10. The van der Waals surface area contributed by atoms with E-state index in [0.717, 1.165) is 0 Å². The van der Waals surface area contributed by atoms with Crippen LogP contribution in [0.3, 0.4) is 0 Å². The predicted molar refractivity (Wildman–Crippen MR) is 41.7 cm³/mol. The van der Waals surface area contributed by atoms with Gasteiger partial charge in [-0.3, -0.25) is 0 Å². The highest BCUT2D eigenvalue weighted by atomic mass is 79.9. The van der Waals surface area contributed by atoms with Crippen molar-refractivity contribution in [1.29, 1.82) is 0 Å². The van der Waals surface area contributed by atoms with Crippen molar-refractivity contribution in [3.05, 3.63) is 28.6 Å². The number of fused-ring (bicyclic) bond motifs is 1. The molecular weight excluding hydrogens is 213 g/mol. The Hall–Kier alpha value is -0.900. The largest absolute Gasteiger partial charge is 0.353 e. The van der Waals surface area contributed by atoms with Crippen LogP contribution < -0.4 is 0 Å². The van der Waals surface area contributed by atoms with Gasteiger partial charge >= 0.3 is 0 Å². The number of hydrogen-bond donors (Lipinski definition) is 0. The molecule has 0 radical (unpaired) electrons. The second-order valence-electron chi connectivity index (χ2n) is 2.11. The van der Waals surface area contributed by atoms with Gasteiger partial charge in [-0.25, -0.2) is 4.39 Å². The van der Waals surface area contributed by atoms with Crippen molar-refractivity contribution in [2.45, 2.75) is 0 Å². The molecule has 0 saturated carbocycles. The molecule has 0 fully saturated rings. The maximum Gasteiger partial charge on any atom is 0.203 e. The van der Waals surface area contributed by atoms with Crippen LogP contribution in [0.15, 0.2) is 27.3 Å². The third-order valence-corrected chi connectivity index (χ3v) is 2.03. The van der Waals surface area contributed by atoms with Crippen LogP contribution >= 0.6 is 15.9 Å². The first-order valence-corrected chi connectivity index (χ1v) is 3.77. The molecule has 0 bridgehead atoms. The van der Waals surface area contributed by atoms with Crippen LogP contribution in [-0.2, 0) is 0 Å². The molecule has 4 heteroatoms. The summed E-state index contributed by atoms with van der Waals surface area (Å²) < 4.78 is 18.1. The summed E-state index contributed by atoms with van der Waals surface area (Å²) in [6, 6.07) is 3.36. The molecule has 0 atom stereocenters. The molecule has 11 heavy (non-hydrogen) atoms. The van der Waals surface area contributed by atoms with Gasteiger partial charge in [0.25, 0.3) is 0 Å². The summed E-state index contributed by atoms with van der Waals surface area (Å²) in [5.74, 6) is -0.403. The molecule has 56 valence electrons. The smallest absolute Gasteiger partial charge is 0.203 e. The second-order valence-corrected chi connectivity index (χ2v) is 2.96. The molecule has 0 unspecified atom stereocenters. The number of nitrogens with zero attached hydrogens (tertiary/aromatic N) is 1. The summed E-state index contributed by atoms with van der Waals surface area (Å²) in [5.41, 5.74) is 0.194. The first kappa shape index (κ1) is 6.79. The van der Waals surface area contributed by atoms with Gasteiger partial charge in [-0.1, -0.05) is 5.16 Å². The molecule has 1 heterocycles. The minimum absolute atomic E-state index is 0.194. The van der Waals surface area contributed by atoms with Gasteiger partial charge in [0.1, 0.15) is 0 Å². The lowest BCUT2D eigenvalue weighted by molar-refractivity contribution is 0.439. The van der Waals surface area contributed by atoms with Gasteiger partial charge in [-0.05, 0) is 28.1 Å². The van der Waals surface area contributed by atoms with E-state index in [1.165, 1.54) is 6.20 Å². The molecule has 0 aliphatic carbocycles. The highest BCUT2D eigenvalue weighted by Gasteiger charge is 2.07. The fourth-order valence-corrected chi connectivity index (χ4v) is 1.19. The molecule has 2 rings (SSSR count). The van der Waals surface area contributed by atoms with Crippen molar-refractivity contribution < 1.29 is 8.91 Å². The number of aromatic nitrogens is 1. The monoisotopic (exact) mass is 215 g/mol. The van der Waals surface area contributed by atoms with E-state index in [-0.39, 0.29) is 5.58 Å². The number of halogens is 2. The van der Waals surface area contributed by atoms with Crippen LogP contribution in [0.4, 0.5) is 4.39 Å². The third-order valence-electron chi connectivity index (χ3n) is 1.42. The summed E-state index contributed by atoms with van der Waals surface area (Å²) in [5, 5.41) is 4.14. The topological polar surface area (TPSA) is 26.0 Å². The molecule has 0 amide bonds. The molecule has 0 saturated heterocycles. The van der Waals surface area contributed by atoms with E-state index in [1.807, 2.05) is 0 Å². The van der Waals surface area contributed by atoms with E-state index in [4.69, 9.17) is 0 Å². The van der Waals surface area contributed by atoms with Gasteiger partial charge in [-0.15, -0.1) is 0 Å². The molecule has 1 aromatic heterocycles. The summed E-state index contributed by atoms with van der Waals surface area (Å²) in [6.45, 7) is 0. The van der Waals surface area contributed by atoms with E-state index in [2.05, 4.69) is 25.6 Å². The summed E-state index contributed by atoms with van der Waals surface area (Å²) >= 11 is 3.04.